The Morgan fingerprint density at radius 3 is 2.62 bits per heavy atom. The largest absolute Gasteiger partial charge is 0.426 e. The number of pyridine rings is 1. The van der Waals surface area contributed by atoms with Gasteiger partial charge in [-0.05, 0) is 43.3 Å². The van der Waals surface area contributed by atoms with E-state index in [1.165, 1.54) is 30.0 Å². The summed E-state index contributed by atoms with van der Waals surface area (Å²) in [5, 5.41) is 20.0. The van der Waals surface area contributed by atoms with E-state index in [2.05, 4.69) is 15.2 Å². The number of nitrogens with zero attached hydrogens (tertiary/aromatic N) is 5. The van der Waals surface area contributed by atoms with Crippen molar-refractivity contribution in [1.82, 2.24) is 19.7 Å². The molecule has 2 aromatic heterocycles. The molecule has 4 aromatic rings. The quantitative estimate of drug-likeness (QED) is 0.136. The molecule has 0 N–H and O–H groups in total. The van der Waals surface area contributed by atoms with Crippen molar-refractivity contribution in [1.29, 1.82) is 0 Å². The molecule has 4 rings (SSSR count). The number of hydrogen-bond acceptors (Lipinski definition) is 8. The molecule has 32 heavy (non-hydrogen) atoms. The molecule has 0 aliphatic carbocycles. The standard InChI is InChI=1S/C22H17N5O4S/c1-15-12-18(9-10-19(15)27(29)30)31-20(28)14-32-22-25-24-21(16-6-5-11-23-13-16)26(22)17-7-3-2-4-8-17/h2-13H,14H2,1H3. The Balaban J connectivity index is 1.53. The monoisotopic (exact) mass is 447 g/mol. The zero-order chi connectivity index (χ0) is 22.5. The maximum absolute atomic E-state index is 12.4. The van der Waals surface area contributed by atoms with Gasteiger partial charge in [-0.2, -0.15) is 0 Å². The summed E-state index contributed by atoms with van der Waals surface area (Å²) in [6.07, 6.45) is 3.38. The van der Waals surface area contributed by atoms with Gasteiger partial charge in [-0.25, -0.2) is 0 Å². The van der Waals surface area contributed by atoms with Crippen LogP contribution in [-0.2, 0) is 4.79 Å². The lowest BCUT2D eigenvalue weighted by molar-refractivity contribution is -0.385. The molecule has 0 atom stereocenters. The molecular weight excluding hydrogens is 430 g/mol. The second kappa shape index (κ2) is 9.40. The number of nitro groups is 1. The second-order valence-electron chi connectivity index (χ2n) is 6.69. The molecule has 0 saturated heterocycles. The van der Waals surface area contributed by atoms with E-state index >= 15 is 0 Å². The number of aromatic nitrogens is 4. The molecule has 0 unspecified atom stereocenters. The number of benzene rings is 2. The average Bonchev–Trinajstić information content (AvgIpc) is 3.23. The molecule has 0 fully saturated rings. The summed E-state index contributed by atoms with van der Waals surface area (Å²) in [6.45, 7) is 1.59. The van der Waals surface area contributed by atoms with E-state index in [1.54, 1.807) is 19.3 Å². The molecule has 0 radical (unpaired) electrons. The number of aryl methyl sites for hydroxylation is 1. The van der Waals surface area contributed by atoms with Crippen LogP contribution in [0.25, 0.3) is 17.1 Å². The van der Waals surface area contributed by atoms with Crippen LogP contribution in [0.5, 0.6) is 5.75 Å². The molecule has 160 valence electrons. The van der Waals surface area contributed by atoms with Crippen molar-refractivity contribution in [3.05, 3.63) is 88.7 Å². The van der Waals surface area contributed by atoms with Crippen LogP contribution in [0, 0.1) is 17.0 Å². The molecule has 2 heterocycles. The van der Waals surface area contributed by atoms with Gasteiger partial charge in [0.05, 0.1) is 10.7 Å². The van der Waals surface area contributed by atoms with Gasteiger partial charge in [-0.1, -0.05) is 30.0 Å². The van der Waals surface area contributed by atoms with E-state index in [1.807, 2.05) is 47.0 Å². The molecule has 0 aliphatic rings. The van der Waals surface area contributed by atoms with E-state index in [4.69, 9.17) is 4.74 Å². The van der Waals surface area contributed by atoms with Gasteiger partial charge in [0.25, 0.3) is 5.69 Å². The van der Waals surface area contributed by atoms with Gasteiger partial charge >= 0.3 is 5.97 Å². The van der Waals surface area contributed by atoms with Crippen molar-refractivity contribution in [3.63, 3.8) is 0 Å². The predicted molar refractivity (Wildman–Crippen MR) is 119 cm³/mol. The van der Waals surface area contributed by atoms with E-state index in [-0.39, 0.29) is 17.2 Å². The molecule has 0 saturated carbocycles. The molecular formula is C22H17N5O4S. The summed E-state index contributed by atoms with van der Waals surface area (Å²) in [6, 6.07) is 17.5. The third kappa shape index (κ3) is 4.65. The smallest absolute Gasteiger partial charge is 0.321 e. The van der Waals surface area contributed by atoms with Crippen molar-refractivity contribution >= 4 is 23.4 Å². The Bertz CT molecular complexity index is 1260. The summed E-state index contributed by atoms with van der Waals surface area (Å²) in [7, 11) is 0. The fraction of sp³-hybridized carbons (Fsp3) is 0.0909. The fourth-order valence-electron chi connectivity index (χ4n) is 3.04. The Morgan fingerprint density at radius 1 is 1.12 bits per heavy atom. The third-order valence-electron chi connectivity index (χ3n) is 4.48. The zero-order valence-electron chi connectivity index (χ0n) is 16.9. The van der Waals surface area contributed by atoms with Gasteiger partial charge in [0.2, 0.25) is 0 Å². The lowest BCUT2D eigenvalue weighted by Crippen LogP contribution is -2.11. The Hall–Kier alpha value is -4.05. The number of nitro benzene ring substituents is 1. The number of carbonyl (C=O) groups is 1. The highest BCUT2D eigenvalue weighted by Gasteiger charge is 2.18. The molecule has 0 aliphatic heterocycles. The highest BCUT2D eigenvalue weighted by atomic mass is 32.2. The fourth-order valence-corrected chi connectivity index (χ4v) is 3.76. The molecule has 0 spiro atoms. The minimum atomic E-state index is -0.506. The Labute approximate surface area is 187 Å². The highest BCUT2D eigenvalue weighted by Crippen LogP contribution is 2.28. The molecule has 0 amide bonds. The number of hydrogen-bond donors (Lipinski definition) is 0. The number of ether oxygens (including phenoxy) is 1. The van der Waals surface area contributed by atoms with Crippen LogP contribution in [0.2, 0.25) is 0 Å². The number of rotatable bonds is 7. The lowest BCUT2D eigenvalue weighted by atomic mass is 10.2. The summed E-state index contributed by atoms with van der Waals surface area (Å²) >= 11 is 1.18. The molecule has 9 nitrogen and oxygen atoms in total. The summed E-state index contributed by atoms with van der Waals surface area (Å²) in [5.41, 5.74) is 2.02. The van der Waals surface area contributed by atoms with Crippen LogP contribution in [0.4, 0.5) is 5.69 Å². The zero-order valence-corrected chi connectivity index (χ0v) is 17.7. The molecule has 0 bridgehead atoms. The van der Waals surface area contributed by atoms with E-state index in [0.717, 1.165) is 11.3 Å². The van der Waals surface area contributed by atoms with Gasteiger partial charge in [-0.3, -0.25) is 24.5 Å². The van der Waals surface area contributed by atoms with Gasteiger partial charge < -0.3 is 4.74 Å². The number of carbonyl (C=O) groups excluding carboxylic acids is 1. The summed E-state index contributed by atoms with van der Waals surface area (Å²) in [4.78, 5) is 27.0. The number of esters is 1. The van der Waals surface area contributed by atoms with E-state index in [9.17, 15) is 14.9 Å². The minimum absolute atomic E-state index is 0.0198. The normalized spacial score (nSPS) is 10.7. The summed E-state index contributed by atoms with van der Waals surface area (Å²) in [5.74, 6) is 0.327. The van der Waals surface area contributed by atoms with Crippen molar-refractivity contribution in [2.45, 2.75) is 12.1 Å². The SMILES string of the molecule is Cc1cc(OC(=O)CSc2nnc(-c3cccnc3)n2-c2ccccc2)ccc1[N+](=O)[O-]. The van der Waals surface area contributed by atoms with Gasteiger partial charge in [0, 0.05) is 35.3 Å². The third-order valence-corrected chi connectivity index (χ3v) is 5.39. The van der Waals surface area contributed by atoms with E-state index in [0.29, 0.717) is 16.5 Å². The number of para-hydroxylation sites is 1. The van der Waals surface area contributed by atoms with Gasteiger partial charge in [0.15, 0.2) is 11.0 Å². The summed E-state index contributed by atoms with van der Waals surface area (Å²) < 4.78 is 7.19. The van der Waals surface area contributed by atoms with Crippen molar-refractivity contribution in [2.75, 3.05) is 5.75 Å². The predicted octanol–water partition coefficient (Wildman–Crippen LogP) is 4.24. The van der Waals surface area contributed by atoms with Gasteiger partial charge in [-0.15, -0.1) is 10.2 Å². The highest BCUT2D eigenvalue weighted by molar-refractivity contribution is 7.99. The first-order chi connectivity index (χ1) is 15.5. The van der Waals surface area contributed by atoms with Crippen LogP contribution in [0.1, 0.15) is 5.56 Å². The second-order valence-corrected chi connectivity index (χ2v) is 7.63. The average molecular weight is 447 g/mol. The van der Waals surface area contributed by atoms with Crippen LogP contribution >= 0.6 is 11.8 Å². The van der Waals surface area contributed by atoms with Crippen molar-refractivity contribution < 1.29 is 14.5 Å². The minimum Gasteiger partial charge on any atom is -0.426 e. The Morgan fingerprint density at radius 2 is 1.94 bits per heavy atom. The van der Waals surface area contributed by atoms with Crippen LogP contribution < -0.4 is 4.74 Å². The first kappa shape index (κ1) is 21.2. The maximum atomic E-state index is 12.4. The lowest BCUT2D eigenvalue weighted by Gasteiger charge is -2.10. The first-order valence-electron chi connectivity index (χ1n) is 9.52. The van der Waals surface area contributed by atoms with Crippen LogP contribution in [-0.4, -0.2) is 36.4 Å². The molecule has 10 heteroatoms. The molecule has 2 aromatic carbocycles. The van der Waals surface area contributed by atoms with Crippen molar-refractivity contribution in [2.24, 2.45) is 0 Å². The number of thioether (sulfide) groups is 1. The van der Waals surface area contributed by atoms with Crippen LogP contribution in [0.15, 0.2) is 78.2 Å². The van der Waals surface area contributed by atoms with Gasteiger partial charge in [0.1, 0.15) is 5.75 Å². The first-order valence-corrected chi connectivity index (χ1v) is 10.5. The maximum Gasteiger partial charge on any atom is 0.321 e. The van der Waals surface area contributed by atoms with E-state index < -0.39 is 10.9 Å². The topological polar surface area (TPSA) is 113 Å². The Kier molecular flexibility index (Phi) is 6.22. The van der Waals surface area contributed by atoms with Crippen molar-refractivity contribution in [3.8, 4) is 22.8 Å². The van der Waals surface area contributed by atoms with Crippen LogP contribution in [0.3, 0.4) is 0 Å².